The van der Waals surface area contributed by atoms with Crippen molar-refractivity contribution in [2.24, 2.45) is 7.05 Å². The van der Waals surface area contributed by atoms with E-state index < -0.39 is 0 Å². The molecular formula is C20H19FN4O2. The van der Waals surface area contributed by atoms with Gasteiger partial charge in [0, 0.05) is 55.3 Å². The summed E-state index contributed by atoms with van der Waals surface area (Å²) < 4.78 is 21.2. The van der Waals surface area contributed by atoms with Crippen molar-refractivity contribution < 1.29 is 9.13 Å². The van der Waals surface area contributed by atoms with E-state index in [2.05, 4.69) is 15.3 Å². The molecule has 0 spiro atoms. The van der Waals surface area contributed by atoms with Gasteiger partial charge in [-0.3, -0.25) is 14.3 Å². The van der Waals surface area contributed by atoms with E-state index in [1.807, 2.05) is 13.0 Å². The molecule has 6 nitrogen and oxygen atoms in total. The maximum Gasteiger partial charge on any atom is 0.262 e. The van der Waals surface area contributed by atoms with Crippen LogP contribution in [0.2, 0.25) is 0 Å². The number of ether oxygens (including phenoxy) is 1. The van der Waals surface area contributed by atoms with E-state index in [4.69, 9.17) is 4.74 Å². The Balaban J connectivity index is 1.64. The summed E-state index contributed by atoms with van der Waals surface area (Å²) in [5, 5.41) is 3.07. The van der Waals surface area contributed by atoms with Crippen LogP contribution in [-0.4, -0.2) is 21.1 Å². The minimum absolute atomic E-state index is 0.189. The van der Waals surface area contributed by atoms with Crippen LogP contribution in [-0.2, 0) is 20.0 Å². The summed E-state index contributed by atoms with van der Waals surface area (Å²) in [5.41, 5.74) is 3.41. The molecule has 0 fully saturated rings. The van der Waals surface area contributed by atoms with Crippen molar-refractivity contribution in [3.05, 3.63) is 69.7 Å². The normalized spacial score (nSPS) is 12.6. The third kappa shape index (κ3) is 3.05. The molecule has 0 saturated heterocycles. The average molecular weight is 366 g/mol. The van der Waals surface area contributed by atoms with E-state index in [0.717, 1.165) is 22.4 Å². The van der Waals surface area contributed by atoms with Gasteiger partial charge < -0.3 is 10.1 Å². The summed E-state index contributed by atoms with van der Waals surface area (Å²) in [5.74, 6) is 0.804. The highest BCUT2D eigenvalue weighted by Gasteiger charge is 2.20. The molecule has 0 aliphatic carbocycles. The first kappa shape index (κ1) is 17.2. The smallest absolute Gasteiger partial charge is 0.262 e. The second-order valence-electron chi connectivity index (χ2n) is 6.50. The van der Waals surface area contributed by atoms with E-state index in [9.17, 15) is 9.18 Å². The number of anilines is 1. The molecule has 0 bridgehead atoms. The van der Waals surface area contributed by atoms with Crippen molar-refractivity contribution in [2.45, 2.75) is 19.9 Å². The fourth-order valence-corrected chi connectivity index (χ4v) is 3.31. The Morgan fingerprint density at radius 2 is 2.11 bits per heavy atom. The van der Waals surface area contributed by atoms with Crippen LogP contribution in [0.15, 0.2) is 41.6 Å². The fourth-order valence-electron chi connectivity index (χ4n) is 3.31. The van der Waals surface area contributed by atoms with Gasteiger partial charge in [0.05, 0.1) is 12.2 Å². The molecule has 0 radical (unpaired) electrons. The predicted molar refractivity (Wildman–Crippen MR) is 100 cm³/mol. The standard InChI is InChI=1S/C20H19FN4O2/c1-12-5-7-22-9-14(12)16-11-24-20(25(2)19(16)26)23-10-15-13-6-8-27-18(13)4-3-17(15)21/h3-5,7,9,11H,6,8,10H2,1-2H3,(H,23,24). The zero-order valence-corrected chi connectivity index (χ0v) is 15.1. The fraction of sp³-hybridized carbons (Fsp3) is 0.250. The monoisotopic (exact) mass is 366 g/mol. The molecule has 3 heterocycles. The summed E-state index contributed by atoms with van der Waals surface area (Å²) in [7, 11) is 1.64. The van der Waals surface area contributed by atoms with Crippen molar-refractivity contribution in [2.75, 3.05) is 11.9 Å². The molecule has 0 atom stereocenters. The summed E-state index contributed by atoms with van der Waals surface area (Å²) in [6, 6.07) is 4.91. The van der Waals surface area contributed by atoms with Crippen LogP contribution in [0, 0.1) is 12.7 Å². The molecule has 138 valence electrons. The highest BCUT2D eigenvalue weighted by molar-refractivity contribution is 5.64. The lowest BCUT2D eigenvalue weighted by Crippen LogP contribution is -2.24. The Morgan fingerprint density at radius 1 is 1.26 bits per heavy atom. The lowest BCUT2D eigenvalue weighted by Gasteiger charge is -2.14. The number of nitrogens with one attached hydrogen (secondary N) is 1. The first-order chi connectivity index (χ1) is 13.1. The molecule has 7 heteroatoms. The Labute approximate surface area is 155 Å². The van der Waals surface area contributed by atoms with Gasteiger partial charge in [0.1, 0.15) is 11.6 Å². The van der Waals surface area contributed by atoms with E-state index in [0.29, 0.717) is 30.1 Å². The quantitative estimate of drug-likeness (QED) is 0.769. The molecule has 1 aromatic carbocycles. The zero-order valence-electron chi connectivity index (χ0n) is 15.1. The summed E-state index contributed by atoms with van der Waals surface area (Å²) >= 11 is 0. The molecule has 0 unspecified atom stereocenters. The number of aryl methyl sites for hydroxylation is 1. The van der Waals surface area contributed by atoms with Crippen LogP contribution in [0.25, 0.3) is 11.1 Å². The SMILES string of the molecule is Cc1ccncc1-c1cnc(NCc2c(F)ccc3c2CCO3)n(C)c1=O. The Morgan fingerprint density at radius 3 is 2.93 bits per heavy atom. The van der Waals surface area contributed by atoms with Crippen LogP contribution in [0.4, 0.5) is 10.3 Å². The van der Waals surface area contributed by atoms with Crippen LogP contribution in [0.3, 0.4) is 0 Å². The number of hydrogen-bond acceptors (Lipinski definition) is 5. The molecule has 3 aromatic rings. The maximum atomic E-state index is 14.3. The maximum absolute atomic E-state index is 14.3. The van der Waals surface area contributed by atoms with Gasteiger partial charge >= 0.3 is 0 Å². The van der Waals surface area contributed by atoms with Gasteiger partial charge in [-0.15, -0.1) is 0 Å². The first-order valence-corrected chi connectivity index (χ1v) is 8.70. The lowest BCUT2D eigenvalue weighted by molar-refractivity contribution is 0.356. The van der Waals surface area contributed by atoms with Crippen molar-refractivity contribution >= 4 is 5.95 Å². The van der Waals surface area contributed by atoms with Gasteiger partial charge in [-0.1, -0.05) is 0 Å². The van der Waals surface area contributed by atoms with Gasteiger partial charge in [0.25, 0.3) is 5.56 Å². The Hall–Kier alpha value is -3.22. The molecule has 0 saturated carbocycles. The number of halogens is 1. The van der Waals surface area contributed by atoms with Crippen LogP contribution in [0.5, 0.6) is 5.75 Å². The second kappa shape index (κ2) is 6.83. The summed E-state index contributed by atoms with van der Waals surface area (Å²) in [6.07, 6.45) is 5.55. The third-order valence-corrected chi connectivity index (χ3v) is 4.86. The van der Waals surface area contributed by atoms with Gasteiger partial charge in [-0.2, -0.15) is 0 Å². The molecule has 4 rings (SSSR count). The second-order valence-corrected chi connectivity index (χ2v) is 6.50. The average Bonchev–Trinajstić information content (AvgIpc) is 3.14. The van der Waals surface area contributed by atoms with Crippen LogP contribution in [0.1, 0.15) is 16.7 Å². The first-order valence-electron chi connectivity index (χ1n) is 8.70. The van der Waals surface area contributed by atoms with Gasteiger partial charge in [0.2, 0.25) is 5.95 Å². The Bertz CT molecular complexity index is 1080. The topological polar surface area (TPSA) is 69.0 Å². The predicted octanol–water partition coefficient (Wildman–Crippen LogP) is 2.84. The van der Waals surface area contributed by atoms with Gasteiger partial charge in [-0.25, -0.2) is 9.37 Å². The van der Waals surface area contributed by atoms with E-state index >= 15 is 0 Å². The van der Waals surface area contributed by atoms with E-state index in [1.165, 1.54) is 16.8 Å². The molecule has 1 aliphatic heterocycles. The minimum atomic E-state index is -0.292. The number of hydrogen-bond donors (Lipinski definition) is 1. The van der Waals surface area contributed by atoms with Crippen LogP contribution >= 0.6 is 0 Å². The summed E-state index contributed by atoms with van der Waals surface area (Å²) in [6.45, 7) is 2.70. The zero-order chi connectivity index (χ0) is 19.0. The molecular weight excluding hydrogens is 347 g/mol. The number of benzene rings is 1. The minimum Gasteiger partial charge on any atom is -0.493 e. The summed E-state index contributed by atoms with van der Waals surface area (Å²) in [4.78, 5) is 21.2. The van der Waals surface area contributed by atoms with Gasteiger partial charge in [0.15, 0.2) is 0 Å². The number of fused-ring (bicyclic) bond motifs is 1. The molecule has 1 aliphatic rings. The number of nitrogens with zero attached hydrogens (tertiary/aromatic N) is 3. The van der Waals surface area contributed by atoms with Crippen molar-refractivity contribution in [3.63, 3.8) is 0 Å². The highest BCUT2D eigenvalue weighted by Crippen LogP contribution is 2.30. The highest BCUT2D eigenvalue weighted by atomic mass is 19.1. The van der Waals surface area contributed by atoms with Crippen molar-refractivity contribution in [1.29, 1.82) is 0 Å². The van der Waals surface area contributed by atoms with Gasteiger partial charge in [-0.05, 0) is 30.7 Å². The molecule has 27 heavy (non-hydrogen) atoms. The van der Waals surface area contributed by atoms with Crippen molar-refractivity contribution in [3.8, 4) is 16.9 Å². The largest absolute Gasteiger partial charge is 0.493 e. The van der Waals surface area contributed by atoms with E-state index in [1.54, 1.807) is 25.5 Å². The molecule has 1 N–H and O–H groups in total. The van der Waals surface area contributed by atoms with E-state index in [-0.39, 0.29) is 17.9 Å². The molecule has 0 amide bonds. The Kier molecular flexibility index (Phi) is 4.35. The number of pyridine rings is 1. The lowest BCUT2D eigenvalue weighted by atomic mass is 10.0. The molecule has 2 aromatic heterocycles. The van der Waals surface area contributed by atoms with Crippen molar-refractivity contribution in [1.82, 2.24) is 14.5 Å². The third-order valence-electron chi connectivity index (χ3n) is 4.86. The van der Waals surface area contributed by atoms with Crippen LogP contribution < -0.4 is 15.6 Å². The number of aromatic nitrogens is 3. The number of rotatable bonds is 4.